The number of thiophene rings is 1. The standard InChI is InChI=1S/C13H18N2O3S2/c1-8-6-12(10(3)18-8)9(2)15-20(16,17)13-5-4-11(7-14)19-13/h4-6,9,15H,7,14H2,1-3H3. The number of nitrogens with two attached hydrogens (primary N) is 1. The minimum atomic E-state index is -3.53. The van der Waals surface area contributed by atoms with E-state index in [0.717, 1.165) is 22.0 Å². The van der Waals surface area contributed by atoms with Gasteiger partial charge in [0, 0.05) is 23.0 Å². The van der Waals surface area contributed by atoms with Crippen molar-refractivity contribution in [1.29, 1.82) is 0 Å². The zero-order valence-corrected chi connectivity index (χ0v) is 13.3. The third-order valence-corrected chi connectivity index (χ3v) is 6.12. The van der Waals surface area contributed by atoms with Gasteiger partial charge in [0.25, 0.3) is 10.0 Å². The molecule has 7 heteroatoms. The summed E-state index contributed by atoms with van der Waals surface area (Å²) in [5, 5.41) is 0. The highest BCUT2D eigenvalue weighted by molar-refractivity contribution is 7.91. The summed E-state index contributed by atoms with van der Waals surface area (Å²) in [6, 6.07) is 4.82. The zero-order chi connectivity index (χ0) is 14.9. The van der Waals surface area contributed by atoms with Gasteiger partial charge in [-0.25, -0.2) is 13.1 Å². The topological polar surface area (TPSA) is 85.3 Å². The summed E-state index contributed by atoms with van der Waals surface area (Å²) in [6.45, 7) is 5.80. The van der Waals surface area contributed by atoms with Gasteiger partial charge >= 0.3 is 0 Å². The molecule has 0 bridgehead atoms. The lowest BCUT2D eigenvalue weighted by Gasteiger charge is -2.12. The average molecular weight is 314 g/mol. The molecule has 0 aliphatic rings. The van der Waals surface area contributed by atoms with Crippen molar-refractivity contribution >= 4 is 21.4 Å². The SMILES string of the molecule is Cc1cc(C(C)NS(=O)(=O)c2ccc(CN)s2)c(C)o1. The van der Waals surface area contributed by atoms with Gasteiger partial charge in [-0.2, -0.15) is 0 Å². The van der Waals surface area contributed by atoms with Crippen LogP contribution in [-0.2, 0) is 16.6 Å². The van der Waals surface area contributed by atoms with Crippen LogP contribution in [0.1, 0.15) is 34.9 Å². The van der Waals surface area contributed by atoms with Crippen molar-refractivity contribution in [2.75, 3.05) is 0 Å². The Labute approximate surface area is 122 Å². The second kappa shape index (κ2) is 5.69. The molecular weight excluding hydrogens is 296 g/mol. The van der Waals surface area contributed by atoms with E-state index in [1.807, 2.05) is 19.9 Å². The van der Waals surface area contributed by atoms with Gasteiger partial charge < -0.3 is 10.2 Å². The van der Waals surface area contributed by atoms with Crippen LogP contribution in [0.15, 0.2) is 26.8 Å². The van der Waals surface area contributed by atoms with Crippen molar-refractivity contribution in [3.8, 4) is 0 Å². The van der Waals surface area contributed by atoms with E-state index in [9.17, 15) is 8.42 Å². The molecule has 0 fully saturated rings. The van der Waals surface area contributed by atoms with Gasteiger partial charge in [0.2, 0.25) is 0 Å². The second-order valence-corrected chi connectivity index (χ2v) is 7.75. The van der Waals surface area contributed by atoms with Crippen LogP contribution < -0.4 is 10.5 Å². The summed E-state index contributed by atoms with van der Waals surface area (Å²) in [5.41, 5.74) is 6.35. The van der Waals surface area contributed by atoms with Crippen molar-refractivity contribution in [3.05, 3.63) is 40.2 Å². The normalized spacial score (nSPS) is 13.6. The fourth-order valence-electron chi connectivity index (χ4n) is 2.05. The van der Waals surface area contributed by atoms with Gasteiger partial charge in [-0.3, -0.25) is 0 Å². The fraction of sp³-hybridized carbons (Fsp3) is 0.385. The number of aryl methyl sites for hydroxylation is 2. The predicted molar refractivity (Wildman–Crippen MR) is 79.1 cm³/mol. The summed E-state index contributed by atoms with van der Waals surface area (Å²) < 4.78 is 33.0. The highest BCUT2D eigenvalue weighted by Gasteiger charge is 2.22. The number of rotatable bonds is 5. The van der Waals surface area contributed by atoms with Crippen LogP contribution in [0.2, 0.25) is 0 Å². The van der Waals surface area contributed by atoms with Crippen molar-refractivity contribution in [1.82, 2.24) is 4.72 Å². The van der Waals surface area contributed by atoms with E-state index in [4.69, 9.17) is 10.2 Å². The summed E-state index contributed by atoms with van der Waals surface area (Å²) >= 11 is 1.19. The maximum atomic E-state index is 12.3. The quantitative estimate of drug-likeness (QED) is 0.887. The molecule has 20 heavy (non-hydrogen) atoms. The number of hydrogen-bond donors (Lipinski definition) is 2. The van der Waals surface area contributed by atoms with Crippen molar-refractivity contribution in [2.45, 2.75) is 37.6 Å². The molecule has 2 rings (SSSR count). The van der Waals surface area contributed by atoms with Crippen LogP contribution >= 0.6 is 11.3 Å². The Morgan fingerprint density at radius 2 is 2.10 bits per heavy atom. The first-order valence-corrected chi connectivity index (χ1v) is 8.51. The van der Waals surface area contributed by atoms with E-state index < -0.39 is 10.0 Å². The van der Waals surface area contributed by atoms with Crippen LogP contribution in [0.3, 0.4) is 0 Å². The Kier molecular flexibility index (Phi) is 4.33. The van der Waals surface area contributed by atoms with E-state index in [-0.39, 0.29) is 10.3 Å². The fourth-order valence-corrected chi connectivity index (χ4v) is 4.52. The Morgan fingerprint density at radius 1 is 1.40 bits per heavy atom. The molecule has 0 aromatic carbocycles. The van der Waals surface area contributed by atoms with Crippen molar-refractivity contribution in [3.63, 3.8) is 0 Å². The van der Waals surface area contributed by atoms with Gasteiger partial charge in [0.1, 0.15) is 15.7 Å². The van der Waals surface area contributed by atoms with Gasteiger partial charge in [0.15, 0.2) is 0 Å². The van der Waals surface area contributed by atoms with Crippen LogP contribution in [-0.4, -0.2) is 8.42 Å². The monoisotopic (exact) mass is 314 g/mol. The minimum Gasteiger partial charge on any atom is -0.466 e. The van der Waals surface area contributed by atoms with Gasteiger partial charge in [-0.05, 0) is 39.0 Å². The molecule has 2 heterocycles. The van der Waals surface area contributed by atoms with E-state index in [1.165, 1.54) is 11.3 Å². The first-order chi connectivity index (χ1) is 9.33. The smallest absolute Gasteiger partial charge is 0.250 e. The number of furan rings is 1. The lowest BCUT2D eigenvalue weighted by molar-refractivity contribution is 0.496. The van der Waals surface area contributed by atoms with Crippen molar-refractivity contribution < 1.29 is 12.8 Å². The Hall–Kier alpha value is -1.15. The molecule has 2 aromatic heterocycles. The highest BCUT2D eigenvalue weighted by atomic mass is 32.2. The molecule has 3 N–H and O–H groups in total. The van der Waals surface area contributed by atoms with E-state index >= 15 is 0 Å². The molecule has 110 valence electrons. The van der Waals surface area contributed by atoms with Crippen LogP contribution in [0, 0.1) is 13.8 Å². The second-order valence-electron chi connectivity index (χ2n) is 4.64. The Bertz CT molecular complexity index is 701. The minimum absolute atomic E-state index is 0.280. The molecule has 1 atom stereocenters. The van der Waals surface area contributed by atoms with Gasteiger partial charge in [-0.1, -0.05) is 0 Å². The molecule has 0 saturated heterocycles. The number of hydrogen-bond acceptors (Lipinski definition) is 5. The molecule has 2 aromatic rings. The van der Waals surface area contributed by atoms with Crippen LogP contribution in [0.5, 0.6) is 0 Å². The average Bonchev–Trinajstić information content (AvgIpc) is 2.95. The summed E-state index contributed by atoms with van der Waals surface area (Å²) in [7, 11) is -3.53. The van der Waals surface area contributed by atoms with Crippen molar-refractivity contribution in [2.24, 2.45) is 5.73 Å². The third kappa shape index (κ3) is 3.12. The maximum Gasteiger partial charge on any atom is 0.250 e. The Morgan fingerprint density at radius 3 is 2.60 bits per heavy atom. The summed E-state index contributed by atoms with van der Waals surface area (Å²) in [6.07, 6.45) is 0. The predicted octanol–water partition coefficient (Wildman–Crippen LogP) is 2.46. The molecule has 0 aliphatic carbocycles. The van der Waals surface area contributed by atoms with E-state index in [0.29, 0.717) is 6.54 Å². The molecular formula is C13H18N2O3S2. The molecule has 5 nitrogen and oxygen atoms in total. The highest BCUT2D eigenvalue weighted by Crippen LogP contribution is 2.26. The van der Waals surface area contributed by atoms with Crippen LogP contribution in [0.4, 0.5) is 0 Å². The largest absolute Gasteiger partial charge is 0.466 e. The molecule has 1 unspecified atom stereocenters. The molecule has 0 amide bonds. The molecule has 0 saturated carbocycles. The third-order valence-electron chi connectivity index (χ3n) is 2.98. The summed E-state index contributed by atoms with van der Waals surface area (Å²) in [5.74, 6) is 1.50. The zero-order valence-electron chi connectivity index (χ0n) is 11.6. The molecule has 0 aliphatic heterocycles. The van der Waals surface area contributed by atoms with Gasteiger partial charge in [-0.15, -0.1) is 11.3 Å². The van der Waals surface area contributed by atoms with E-state index in [2.05, 4.69) is 4.72 Å². The number of sulfonamides is 1. The molecule has 0 spiro atoms. The molecule has 0 radical (unpaired) electrons. The maximum absolute atomic E-state index is 12.3. The lowest BCUT2D eigenvalue weighted by atomic mass is 10.1. The Balaban J connectivity index is 2.21. The van der Waals surface area contributed by atoms with Gasteiger partial charge in [0.05, 0.1) is 0 Å². The first-order valence-electron chi connectivity index (χ1n) is 6.21. The lowest BCUT2D eigenvalue weighted by Crippen LogP contribution is -2.26. The summed E-state index contributed by atoms with van der Waals surface area (Å²) in [4.78, 5) is 0.841. The first kappa shape index (κ1) is 15.2. The van der Waals surface area contributed by atoms with Crippen LogP contribution in [0.25, 0.3) is 0 Å². The van der Waals surface area contributed by atoms with E-state index in [1.54, 1.807) is 19.1 Å². The number of nitrogens with one attached hydrogen (secondary N) is 1.